The van der Waals surface area contributed by atoms with E-state index in [0.717, 1.165) is 32.5 Å². The molecular formula is C11H21NO3. The maximum Gasteiger partial charge on any atom is 0.163 e. The summed E-state index contributed by atoms with van der Waals surface area (Å²) in [6.07, 6.45) is 2.02. The normalized spacial score (nSPS) is 37.0. The summed E-state index contributed by atoms with van der Waals surface area (Å²) in [6.45, 7) is 7.27. The zero-order valence-corrected chi connectivity index (χ0v) is 9.61. The monoisotopic (exact) mass is 215 g/mol. The second kappa shape index (κ2) is 4.37. The maximum absolute atomic E-state index is 9.54. The molecule has 0 bridgehead atoms. The van der Waals surface area contributed by atoms with Crippen LogP contribution in [0.5, 0.6) is 0 Å². The Bertz CT molecular complexity index is 220. The van der Waals surface area contributed by atoms with Crippen molar-refractivity contribution in [2.75, 3.05) is 26.2 Å². The summed E-state index contributed by atoms with van der Waals surface area (Å²) in [4.78, 5) is 2.27. The highest BCUT2D eigenvalue weighted by Crippen LogP contribution is 2.23. The molecule has 2 fully saturated rings. The number of piperidine rings is 1. The van der Waals surface area contributed by atoms with Crippen LogP contribution < -0.4 is 0 Å². The summed E-state index contributed by atoms with van der Waals surface area (Å²) >= 11 is 0. The quantitative estimate of drug-likeness (QED) is 0.732. The number of β-amino-alcohol motifs (C(OH)–C–C–N with tert-alkyl or cyclic N) is 1. The lowest BCUT2D eigenvalue weighted by Crippen LogP contribution is -2.43. The summed E-state index contributed by atoms with van der Waals surface area (Å²) in [5.41, 5.74) is 0. The van der Waals surface area contributed by atoms with Gasteiger partial charge in [-0.25, -0.2) is 0 Å². The molecule has 88 valence electrons. The first-order chi connectivity index (χ1) is 7.05. The molecule has 2 saturated heterocycles. The number of ether oxygens (including phenoxy) is 2. The highest BCUT2D eigenvalue weighted by atomic mass is 16.7. The number of rotatable bonds is 2. The fraction of sp³-hybridized carbons (Fsp3) is 1.00. The van der Waals surface area contributed by atoms with Gasteiger partial charge in [0.2, 0.25) is 0 Å². The van der Waals surface area contributed by atoms with Crippen LogP contribution >= 0.6 is 0 Å². The summed E-state index contributed by atoms with van der Waals surface area (Å²) in [7, 11) is 0. The molecule has 2 atom stereocenters. The molecule has 0 radical (unpaired) electrons. The number of likely N-dealkylation sites (tertiary alicyclic amines) is 1. The van der Waals surface area contributed by atoms with Gasteiger partial charge in [0.1, 0.15) is 0 Å². The molecule has 2 rings (SSSR count). The van der Waals surface area contributed by atoms with Crippen LogP contribution in [0.25, 0.3) is 0 Å². The molecule has 1 N–H and O–H groups in total. The number of nitrogens with zero attached hydrogens (tertiary/aromatic N) is 1. The van der Waals surface area contributed by atoms with Gasteiger partial charge in [0.05, 0.1) is 18.8 Å². The Kier molecular flexibility index (Phi) is 3.30. The van der Waals surface area contributed by atoms with Gasteiger partial charge in [-0.3, -0.25) is 4.90 Å². The highest BCUT2D eigenvalue weighted by molar-refractivity contribution is 4.78. The minimum Gasteiger partial charge on any atom is -0.392 e. The Morgan fingerprint density at radius 2 is 2.27 bits per heavy atom. The van der Waals surface area contributed by atoms with E-state index in [1.165, 1.54) is 0 Å². The predicted octanol–water partition coefficient (Wildman–Crippen LogP) is 0.595. The zero-order valence-electron chi connectivity index (χ0n) is 9.61. The predicted molar refractivity (Wildman–Crippen MR) is 56.6 cm³/mol. The van der Waals surface area contributed by atoms with Gasteiger partial charge in [-0.1, -0.05) is 0 Å². The van der Waals surface area contributed by atoms with Gasteiger partial charge in [0, 0.05) is 13.1 Å². The molecule has 0 aromatic heterocycles. The molecule has 0 amide bonds. The lowest BCUT2D eigenvalue weighted by atomic mass is 10.1. The minimum absolute atomic E-state index is 0.158. The van der Waals surface area contributed by atoms with Gasteiger partial charge in [-0.05, 0) is 33.2 Å². The maximum atomic E-state index is 9.54. The smallest absolute Gasteiger partial charge is 0.163 e. The molecule has 15 heavy (non-hydrogen) atoms. The molecule has 0 spiro atoms. The fourth-order valence-electron chi connectivity index (χ4n) is 2.34. The Balaban J connectivity index is 1.77. The third-order valence-corrected chi connectivity index (χ3v) is 3.01. The van der Waals surface area contributed by atoms with Crippen molar-refractivity contribution in [3.05, 3.63) is 0 Å². The van der Waals surface area contributed by atoms with Crippen molar-refractivity contribution in [1.29, 1.82) is 0 Å². The number of aliphatic hydroxyl groups excluding tert-OH is 1. The molecule has 4 nitrogen and oxygen atoms in total. The molecule has 4 heteroatoms. The van der Waals surface area contributed by atoms with E-state index >= 15 is 0 Å². The molecule has 0 aliphatic carbocycles. The largest absolute Gasteiger partial charge is 0.392 e. The van der Waals surface area contributed by atoms with Gasteiger partial charge < -0.3 is 14.6 Å². The molecule has 2 unspecified atom stereocenters. The molecule has 0 aromatic rings. The zero-order chi connectivity index (χ0) is 10.9. The summed E-state index contributed by atoms with van der Waals surface area (Å²) in [5.74, 6) is -0.431. The molecule has 2 aliphatic heterocycles. The topological polar surface area (TPSA) is 41.9 Å². The third-order valence-electron chi connectivity index (χ3n) is 3.01. The first kappa shape index (κ1) is 11.3. The highest BCUT2D eigenvalue weighted by Gasteiger charge is 2.34. The lowest BCUT2D eigenvalue weighted by molar-refractivity contribution is -0.141. The van der Waals surface area contributed by atoms with Crippen molar-refractivity contribution in [3.8, 4) is 0 Å². The Morgan fingerprint density at radius 1 is 1.47 bits per heavy atom. The van der Waals surface area contributed by atoms with Crippen LogP contribution in [0.2, 0.25) is 0 Å². The van der Waals surface area contributed by atoms with E-state index in [2.05, 4.69) is 4.90 Å². The Morgan fingerprint density at radius 3 is 2.87 bits per heavy atom. The van der Waals surface area contributed by atoms with Crippen LogP contribution in [0.1, 0.15) is 26.7 Å². The second-order valence-electron chi connectivity index (χ2n) is 5.01. The van der Waals surface area contributed by atoms with Gasteiger partial charge >= 0.3 is 0 Å². The van der Waals surface area contributed by atoms with Crippen LogP contribution in [0, 0.1) is 0 Å². The van der Waals surface area contributed by atoms with Crippen LogP contribution in [0.4, 0.5) is 0 Å². The SMILES string of the molecule is CC1(C)OCC(CN2CCCC(O)C2)O1. The van der Waals surface area contributed by atoms with Crippen LogP contribution in [0.3, 0.4) is 0 Å². The van der Waals surface area contributed by atoms with Gasteiger partial charge in [0.25, 0.3) is 0 Å². The van der Waals surface area contributed by atoms with Gasteiger partial charge in [0.15, 0.2) is 5.79 Å². The lowest BCUT2D eigenvalue weighted by Gasteiger charge is -2.31. The second-order valence-corrected chi connectivity index (χ2v) is 5.01. The van der Waals surface area contributed by atoms with E-state index in [1.54, 1.807) is 0 Å². The van der Waals surface area contributed by atoms with Crippen LogP contribution in [-0.4, -0.2) is 54.2 Å². The molecule has 2 heterocycles. The van der Waals surface area contributed by atoms with Crippen molar-refractivity contribution in [3.63, 3.8) is 0 Å². The van der Waals surface area contributed by atoms with Crippen LogP contribution in [0.15, 0.2) is 0 Å². The first-order valence-electron chi connectivity index (χ1n) is 5.77. The fourth-order valence-corrected chi connectivity index (χ4v) is 2.34. The number of hydrogen-bond donors (Lipinski definition) is 1. The van der Waals surface area contributed by atoms with E-state index < -0.39 is 5.79 Å². The average Bonchev–Trinajstić information content (AvgIpc) is 2.45. The summed E-state index contributed by atoms with van der Waals surface area (Å²) < 4.78 is 11.3. The minimum atomic E-state index is -0.431. The van der Waals surface area contributed by atoms with Crippen molar-refractivity contribution < 1.29 is 14.6 Å². The Labute approximate surface area is 91.2 Å². The van der Waals surface area contributed by atoms with Gasteiger partial charge in [-0.2, -0.15) is 0 Å². The van der Waals surface area contributed by atoms with E-state index in [9.17, 15) is 5.11 Å². The van der Waals surface area contributed by atoms with Crippen molar-refractivity contribution in [2.24, 2.45) is 0 Å². The number of aliphatic hydroxyl groups is 1. The third kappa shape index (κ3) is 3.14. The average molecular weight is 215 g/mol. The van der Waals surface area contributed by atoms with E-state index in [4.69, 9.17) is 9.47 Å². The van der Waals surface area contributed by atoms with E-state index in [-0.39, 0.29) is 12.2 Å². The molecule has 0 saturated carbocycles. The summed E-state index contributed by atoms with van der Waals surface area (Å²) in [5, 5.41) is 9.54. The van der Waals surface area contributed by atoms with Crippen molar-refractivity contribution in [1.82, 2.24) is 4.90 Å². The molecule has 2 aliphatic rings. The molecular weight excluding hydrogens is 194 g/mol. The van der Waals surface area contributed by atoms with Gasteiger partial charge in [-0.15, -0.1) is 0 Å². The molecule has 0 aromatic carbocycles. The number of hydrogen-bond acceptors (Lipinski definition) is 4. The van der Waals surface area contributed by atoms with Crippen molar-refractivity contribution in [2.45, 2.75) is 44.7 Å². The Hall–Kier alpha value is -0.160. The standard InChI is InChI=1S/C11H21NO3/c1-11(2)14-8-10(15-11)7-12-5-3-4-9(13)6-12/h9-10,13H,3-8H2,1-2H3. The van der Waals surface area contributed by atoms with Crippen molar-refractivity contribution >= 4 is 0 Å². The van der Waals surface area contributed by atoms with E-state index in [0.29, 0.717) is 6.61 Å². The summed E-state index contributed by atoms with van der Waals surface area (Å²) in [6, 6.07) is 0. The van der Waals surface area contributed by atoms with E-state index in [1.807, 2.05) is 13.8 Å². The van der Waals surface area contributed by atoms with Crippen LogP contribution in [-0.2, 0) is 9.47 Å². The first-order valence-corrected chi connectivity index (χ1v) is 5.77.